The van der Waals surface area contributed by atoms with Crippen molar-refractivity contribution in [2.75, 3.05) is 7.05 Å². The van der Waals surface area contributed by atoms with Gasteiger partial charge in [-0.2, -0.15) is 0 Å². The molecule has 1 aromatic rings. The Morgan fingerprint density at radius 2 is 1.85 bits per heavy atom. The van der Waals surface area contributed by atoms with Crippen LogP contribution in [-0.4, -0.2) is 21.5 Å². The molecule has 0 aliphatic carbocycles. The van der Waals surface area contributed by atoms with Crippen molar-refractivity contribution in [1.29, 1.82) is 0 Å². The standard InChI is InChI=1S/C15H26N2O2S/c1-5-14(6-2)12(3)17-20(18,19)15-9-7-8-13(10-15)11-16-4/h7-10,12,14,16-17H,5-6,11H2,1-4H3. The maximum atomic E-state index is 12.4. The van der Waals surface area contributed by atoms with Crippen LogP contribution in [0, 0.1) is 5.92 Å². The molecule has 2 N–H and O–H groups in total. The highest BCUT2D eigenvalue weighted by Crippen LogP contribution is 2.17. The Kier molecular flexibility index (Phi) is 6.65. The quantitative estimate of drug-likeness (QED) is 0.775. The first-order valence-corrected chi connectivity index (χ1v) is 8.68. The van der Waals surface area contributed by atoms with Gasteiger partial charge in [0.15, 0.2) is 0 Å². The lowest BCUT2D eigenvalue weighted by molar-refractivity contribution is 0.390. The summed E-state index contributed by atoms with van der Waals surface area (Å²) in [5.74, 6) is 0.366. The molecule has 0 amide bonds. The van der Waals surface area contributed by atoms with Crippen LogP contribution < -0.4 is 10.0 Å². The van der Waals surface area contributed by atoms with E-state index in [1.165, 1.54) is 0 Å². The van der Waals surface area contributed by atoms with Gasteiger partial charge in [0.1, 0.15) is 0 Å². The van der Waals surface area contributed by atoms with E-state index in [-0.39, 0.29) is 6.04 Å². The molecule has 20 heavy (non-hydrogen) atoms. The topological polar surface area (TPSA) is 58.2 Å². The van der Waals surface area contributed by atoms with Crippen LogP contribution in [0.2, 0.25) is 0 Å². The largest absolute Gasteiger partial charge is 0.316 e. The summed E-state index contributed by atoms with van der Waals surface area (Å²) in [7, 11) is -1.60. The van der Waals surface area contributed by atoms with Crippen LogP contribution in [0.3, 0.4) is 0 Å². The molecule has 0 radical (unpaired) electrons. The summed E-state index contributed by atoms with van der Waals surface area (Å²) in [6.45, 7) is 6.77. The number of benzene rings is 1. The van der Waals surface area contributed by atoms with E-state index in [1.54, 1.807) is 18.2 Å². The second kappa shape index (κ2) is 7.76. The molecule has 114 valence electrons. The molecule has 1 rings (SSSR count). The smallest absolute Gasteiger partial charge is 0.240 e. The molecule has 0 spiro atoms. The van der Waals surface area contributed by atoms with Crippen LogP contribution in [0.25, 0.3) is 0 Å². The summed E-state index contributed by atoms with van der Waals surface area (Å²) >= 11 is 0. The molecular weight excluding hydrogens is 272 g/mol. The van der Waals surface area contributed by atoms with E-state index in [0.29, 0.717) is 17.4 Å². The second-order valence-corrected chi connectivity index (χ2v) is 6.88. The molecule has 5 heteroatoms. The molecule has 0 aliphatic heterocycles. The summed E-state index contributed by atoms with van der Waals surface area (Å²) in [6, 6.07) is 7.01. The normalized spacial score (nSPS) is 13.7. The van der Waals surface area contributed by atoms with Crippen molar-refractivity contribution in [1.82, 2.24) is 10.0 Å². The van der Waals surface area contributed by atoms with Crippen LogP contribution in [0.1, 0.15) is 39.2 Å². The lowest BCUT2D eigenvalue weighted by Crippen LogP contribution is -2.37. The average Bonchev–Trinajstić information content (AvgIpc) is 2.40. The summed E-state index contributed by atoms with van der Waals surface area (Å²) < 4.78 is 27.6. The third-order valence-electron chi connectivity index (χ3n) is 3.69. The minimum atomic E-state index is -3.44. The van der Waals surface area contributed by atoms with Crippen molar-refractivity contribution in [2.24, 2.45) is 5.92 Å². The van der Waals surface area contributed by atoms with Gasteiger partial charge in [-0.15, -0.1) is 0 Å². The Bertz CT molecular complexity index is 510. The van der Waals surface area contributed by atoms with Gasteiger partial charge in [-0.1, -0.05) is 38.8 Å². The van der Waals surface area contributed by atoms with E-state index in [4.69, 9.17) is 0 Å². The fraction of sp³-hybridized carbons (Fsp3) is 0.600. The van der Waals surface area contributed by atoms with E-state index < -0.39 is 10.0 Å². The van der Waals surface area contributed by atoms with Crippen LogP contribution in [-0.2, 0) is 16.6 Å². The monoisotopic (exact) mass is 298 g/mol. The zero-order chi connectivity index (χ0) is 15.2. The molecule has 1 atom stereocenters. The third kappa shape index (κ3) is 4.58. The molecule has 0 aliphatic rings. The zero-order valence-corrected chi connectivity index (χ0v) is 13.6. The predicted molar refractivity (Wildman–Crippen MR) is 83.1 cm³/mol. The average molecular weight is 298 g/mol. The Balaban J connectivity index is 2.90. The van der Waals surface area contributed by atoms with Crippen molar-refractivity contribution in [3.05, 3.63) is 29.8 Å². The molecular formula is C15H26N2O2S. The fourth-order valence-electron chi connectivity index (χ4n) is 2.43. The summed E-state index contributed by atoms with van der Waals surface area (Å²) in [5.41, 5.74) is 0.963. The SMILES string of the molecule is CCC(CC)C(C)NS(=O)(=O)c1cccc(CNC)c1. The number of sulfonamides is 1. The number of hydrogen-bond donors (Lipinski definition) is 2. The Morgan fingerprint density at radius 1 is 1.20 bits per heavy atom. The molecule has 0 saturated carbocycles. The van der Waals surface area contributed by atoms with Gasteiger partial charge in [-0.25, -0.2) is 13.1 Å². The maximum absolute atomic E-state index is 12.4. The molecule has 0 saturated heterocycles. The number of hydrogen-bond acceptors (Lipinski definition) is 3. The van der Waals surface area contributed by atoms with Gasteiger partial charge in [0.05, 0.1) is 4.90 Å². The Hall–Kier alpha value is -0.910. The highest BCUT2D eigenvalue weighted by atomic mass is 32.2. The molecule has 0 fully saturated rings. The first-order valence-electron chi connectivity index (χ1n) is 7.20. The summed E-state index contributed by atoms with van der Waals surface area (Å²) in [6.07, 6.45) is 1.94. The first-order chi connectivity index (χ1) is 9.44. The van der Waals surface area contributed by atoms with Crippen molar-refractivity contribution in [3.8, 4) is 0 Å². The molecule has 0 aromatic heterocycles. The van der Waals surface area contributed by atoms with Crippen molar-refractivity contribution in [2.45, 2.75) is 51.1 Å². The van der Waals surface area contributed by atoms with Gasteiger partial charge in [-0.3, -0.25) is 0 Å². The van der Waals surface area contributed by atoms with E-state index in [2.05, 4.69) is 23.9 Å². The molecule has 0 heterocycles. The van der Waals surface area contributed by atoms with E-state index in [9.17, 15) is 8.42 Å². The molecule has 1 aromatic carbocycles. The van der Waals surface area contributed by atoms with Crippen LogP contribution in [0.5, 0.6) is 0 Å². The Morgan fingerprint density at radius 3 is 2.40 bits per heavy atom. The van der Waals surface area contributed by atoms with E-state index in [0.717, 1.165) is 18.4 Å². The third-order valence-corrected chi connectivity index (χ3v) is 5.24. The highest BCUT2D eigenvalue weighted by Gasteiger charge is 2.21. The van der Waals surface area contributed by atoms with Gasteiger partial charge >= 0.3 is 0 Å². The van der Waals surface area contributed by atoms with Gasteiger partial charge in [0.25, 0.3) is 0 Å². The lowest BCUT2D eigenvalue weighted by atomic mass is 9.96. The van der Waals surface area contributed by atoms with Gasteiger partial charge in [0.2, 0.25) is 10.0 Å². The number of rotatable bonds is 8. The maximum Gasteiger partial charge on any atom is 0.240 e. The summed E-state index contributed by atoms with van der Waals surface area (Å²) in [4.78, 5) is 0.336. The van der Waals surface area contributed by atoms with Crippen LogP contribution in [0.15, 0.2) is 29.2 Å². The van der Waals surface area contributed by atoms with Crippen molar-refractivity contribution >= 4 is 10.0 Å². The van der Waals surface area contributed by atoms with Gasteiger partial charge < -0.3 is 5.32 Å². The zero-order valence-electron chi connectivity index (χ0n) is 12.8. The lowest BCUT2D eigenvalue weighted by Gasteiger charge is -2.22. The minimum Gasteiger partial charge on any atom is -0.316 e. The number of nitrogens with one attached hydrogen (secondary N) is 2. The van der Waals surface area contributed by atoms with Gasteiger partial charge in [-0.05, 0) is 37.6 Å². The molecule has 4 nitrogen and oxygen atoms in total. The van der Waals surface area contributed by atoms with Crippen molar-refractivity contribution < 1.29 is 8.42 Å². The van der Waals surface area contributed by atoms with Crippen molar-refractivity contribution in [3.63, 3.8) is 0 Å². The predicted octanol–water partition coefficient (Wildman–Crippen LogP) is 2.51. The van der Waals surface area contributed by atoms with E-state index in [1.807, 2.05) is 20.0 Å². The first kappa shape index (κ1) is 17.1. The highest BCUT2D eigenvalue weighted by molar-refractivity contribution is 7.89. The van der Waals surface area contributed by atoms with Crippen LogP contribution >= 0.6 is 0 Å². The summed E-state index contributed by atoms with van der Waals surface area (Å²) in [5, 5.41) is 3.02. The fourth-order valence-corrected chi connectivity index (χ4v) is 3.81. The van der Waals surface area contributed by atoms with Crippen LogP contribution in [0.4, 0.5) is 0 Å². The Labute approximate surface area is 123 Å². The molecule has 1 unspecified atom stereocenters. The molecule has 0 bridgehead atoms. The van der Waals surface area contributed by atoms with Gasteiger partial charge in [0, 0.05) is 12.6 Å². The second-order valence-electron chi connectivity index (χ2n) is 5.16. The van der Waals surface area contributed by atoms with E-state index >= 15 is 0 Å². The minimum absolute atomic E-state index is 0.0528.